The van der Waals surface area contributed by atoms with Gasteiger partial charge in [0.2, 0.25) is 0 Å². The second-order valence-electron chi connectivity index (χ2n) is 4.38. The molecule has 110 valence electrons. The first kappa shape index (κ1) is 16.0. The number of nitrogens with one attached hydrogen (secondary N) is 1. The van der Waals surface area contributed by atoms with Gasteiger partial charge in [0.1, 0.15) is 6.61 Å². The summed E-state index contributed by atoms with van der Waals surface area (Å²) in [7, 11) is 0. The zero-order valence-corrected chi connectivity index (χ0v) is 11.3. The van der Waals surface area contributed by atoms with Crippen LogP contribution in [-0.4, -0.2) is 34.4 Å². The predicted octanol–water partition coefficient (Wildman–Crippen LogP) is 1.53. The number of carboxylic acids is 1. The zero-order chi connectivity index (χ0) is 15.0. The van der Waals surface area contributed by atoms with Gasteiger partial charge in [-0.25, -0.2) is 9.59 Å². The number of alkyl carbamates (subject to hydrolysis) is 1. The predicted molar refractivity (Wildman–Crippen MR) is 72.1 cm³/mol. The van der Waals surface area contributed by atoms with E-state index in [0.29, 0.717) is 12.8 Å². The minimum Gasteiger partial charge on any atom is -0.479 e. The number of aliphatic hydroxyl groups excluding tert-OH is 1. The van der Waals surface area contributed by atoms with E-state index in [9.17, 15) is 14.7 Å². The van der Waals surface area contributed by atoms with Crippen LogP contribution < -0.4 is 5.32 Å². The smallest absolute Gasteiger partial charge is 0.407 e. The number of amides is 1. The Morgan fingerprint density at radius 1 is 1.30 bits per heavy atom. The van der Waals surface area contributed by atoms with E-state index in [1.165, 1.54) is 0 Å². The number of carbonyl (C=O) groups is 2. The molecule has 2 atom stereocenters. The van der Waals surface area contributed by atoms with E-state index >= 15 is 0 Å². The van der Waals surface area contributed by atoms with E-state index in [-0.39, 0.29) is 6.61 Å². The van der Waals surface area contributed by atoms with Crippen molar-refractivity contribution in [2.45, 2.75) is 38.5 Å². The fraction of sp³-hybridized carbons (Fsp3) is 0.429. The van der Waals surface area contributed by atoms with E-state index in [4.69, 9.17) is 9.84 Å². The van der Waals surface area contributed by atoms with Gasteiger partial charge < -0.3 is 20.3 Å². The molecule has 3 N–H and O–H groups in total. The van der Waals surface area contributed by atoms with E-state index < -0.39 is 24.2 Å². The number of hydrogen-bond acceptors (Lipinski definition) is 4. The molecule has 0 aliphatic carbocycles. The fourth-order valence-electron chi connectivity index (χ4n) is 1.71. The van der Waals surface area contributed by atoms with Crippen LogP contribution in [0.4, 0.5) is 4.79 Å². The van der Waals surface area contributed by atoms with Crippen LogP contribution in [0.1, 0.15) is 25.3 Å². The topological polar surface area (TPSA) is 95.9 Å². The molecule has 1 amide bonds. The molecule has 0 radical (unpaired) electrons. The van der Waals surface area contributed by atoms with E-state index in [1.807, 2.05) is 37.3 Å². The summed E-state index contributed by atoms with van der Waals surface area (Å²) in [4.78, 5) is 22.3. The lowest BCUT2D eigenvalue weighted by Gasteiger charge is -2.20. The van der Waals surface area contributed by atoms with Gasteiger partial charge in [0.05, 0.1) is 6.04 Å². The van der Waals surface area contributed by atoms with E-state index in [2.05, 4.69) is 5.32 Å². The molecule has 0 fully saturated rings. The first-order valence-corrected chi connectivity index (χ1v) is 6.42. The Morgan fingerprint density at radius 3 is 2.50 bits per heavy atom. The molecular formula is C14H19NO5. The highest BCUT2D eigenvalue weighted by molar-refractivity contribution is 5.75. The average Bonchev–Trinajstić information content (AvgIpc) is 2.45. The Kier molecular flexibility index (Phi) is 6.52. The lowest BCUT2D eigenvalue weighted by atomic mass is 10.1. The summed E-state index contributed by atoms with van der Waals surface area (Å²) in [5, 5.41) is 20.6. The zero-order valence-electron chi connectivity index (χ0n) is 11.3. The largest absolute Gasteiger partial charge is 0.479 e. The standard InChI is InChI=1S/C14H19NO5/c1-2-6-11(12(16)13(17)18)15-14(19)20-9-10-7-4-3-5-8-10/h3-5,7-8,11-12,16H,2,6,9H2,1H3,(H,15,19)(H,17,18)/t11-,12-/m0/s1. The van der Waals surface area contributed by atoms with Gasteiger partial charge in [-0.3, -0.25) is 0 Å². The Hall–Kier alpha value is -2.08. The molecule has 6 heteroatoms. The Morgan fingerprint density at radius 2 is 1.95 bits per heavy atom. The van der Waals surface area contributed by atoms with Crippen molar-refractivity contribution in [1.82, 2.24) is 5.32 Å². The number of rotatable bonds is 7. The van der Waals surface area contributed by atoms with Crippen LogP contribution in [-0.2, 0) is 16.1 Å². The summed E-state index contributed by atoms with van der Waals surface area (Å²) in [6.45, 7) is 1.92. The van der Waals surface area contributed by atoms with Crippen LogP contribution in [0.25, 0.3) is 0 Å². The third kappa shape index (κ3) is 5.27. The van der Waals surface area contributed by atoms with Crippen LogP contribution in [0.3, 0.4) is 0 Å². The number of benzene rings is 1. The molecule has 0 aliphatic heterocycles. The summed E-state index contributed by atoms with van der Waals surface area (Å²) in [6, 6.07) is 8.26. The maximum atomic E-state index is 11.6. The van der Waals surface area contributed by atoms with Crippen LogP contribution in [0.15, 0.2) is 30.3 Å². The molecular weight excluding hydrogens is 262 g/mol. The number of aliphatic hydroxyl groups is 1. The van der Waals surface area contributed by atoms with Gasteiger partial charge in [0.25, 0.3) is 0 Å². The van der Waals surface area contributed by atoms with Crippen molar-refractivity contribution >= 4 is 12.1 Å². The number of carbonyl (C=O) groups excluding carboxylic acids is 1. The average molecular weight is 281 g/mol. The quantitative estimate of drug-likeness (QED) is 0.704. The number of ether oxygens (including phenoxy) is 1. The minimum absolute atomic E-state index is 0.0919. The van der Waals surface area contributed by atoms with E-state index in [1.54, 1.807) is 0 Å². The van der Waals surface area contributed by atoms with Crippen molar-refractivity contribution < 1.29 is 24.5 Å². The summed E-state index contributed by atoms with van der Waals surface area (Å²) in [5.74, 6) is -1.37. The minimum atomic E-state index is -1.64. The first-order chi connectivity index (χ1) is 9.54. The monoisotopic (exact) mass is 281 g/mol. The van der Waals surface area contributed by atoms with Crippen LogP contribution in [0.2, 0.25) is 0 Å². The Balaban J connectivity index is 2.47. The maximum absolute atomic E-state index is 11.6. The number of carboxylic acid groups (broad SMARTS) is 1. The van der Waals surface area contributed by atoms with Crippen molar-refractivity contribution in [2.75, 3.05) is 0 Å². The molecule has 1 aromatic rings. The molecule has 0 heterocycles. The highest BCUT2D eigenvalue weighted by atomic mass is 16.5. The molecule has 0 spiro atoms. The van der Waals surface area contributed by atoms with Crippen molar-refractivity contribution in [3.63, 3.8) is 0 Å². The molecule has 0 bridgehead atoms. The van der Waals surface area contributed by atoms with Gasteiger partial charge in [-0.15, -0.1) is 0 Å². The molecule has 0 saturated carbocycles. The highest BCUT2D eigenvalue weighted by Gasteiger charge is 2.26. The Labute approximate surface area is 117 Å². The third-order valence-electron chi connectivity index (χ3n) is 2.75. The molecule has 20 heavy (non-hydrogen) atoms. The van der Waals surface area contributed by atoms with Crippen LogP contribution in [0.5, 0.6) is 0 Å². The lowest BCUT2D eigenvalue weighted by molar-refractivity contribution is -0.148. The lowest BCUT2D eigenvalue weighted by Crippen LogP contribution is -2.47. The van der Waals surface area contributed by atoms with Crippen LogP contribution in [0, 0.1) is 0 Å². The SMILES string of the molecule is CCC[C@H](NC(=O)OCc1ccccc1)[C@H](O)C(=O)O. The van der Waals surface area contributed by atoms with Gasteiger partial charge >= 0.3 is 12.1 Å². The van der Waals surface area contributed by atoms with Crippen molar-refractivity contribution in [2.24, 2.45) is 0 Å². The van der Waals surface area contributed by atoms with Crippen molar-refractivity contribution in [3.05, 3.63) is 35.9 Å². The van der Waals surface area contributed by atoms with Crippen molar-refractivity contribution in [1.29, 1.82) is 0 Å². The molecule has 0 aliphatic rings. The number of aliphatic carboxylic acids is 1. The summed E-state index contributed by atoms with van der Waals surface area (Å²) in [5.41, 5.74) is 0.827. The van der Waals surface area contributed by atoms with Gasteiger partial charge in [0, 0.05) is 0 Å². The van der Waals surface area contributed by atoms with Gasteiger partial charge in [0.15, 0.2) is 6.10 Å². The summed E-state index contributed by atoms with van der Waals surface area (Å²) in [6.07, 6.45) is -1.39. The normalized spacial score (nSPS) is 13.3. The first-order valence-electron chi connectivity index (χ1n) is 6.42. The molecule has 1 rings (SSSR count). The van der Waals surface area contributed by atoms with E-state index in [0.717, 1.165) is 5.56 Å². The summed E-state index contributed by atoms with van der Waals surface area (Å²) >= 11 is 0. The molecule has 0 saturated heterocycles. The highest BCUT2D eigenvalue weighted by Crippen LogP contribution is 2.05. The molecule has 0 unspecified atom stereocenters. The van der Waals surface area contributed by atoms with Crippen LogP contribution >= 0.6 is 0 Å². The van der Waals surface area contributed by atoms with Gasteiger partial charge in [-0.2, -0.15) is 0 Å². The molecule has 0 aromatic heterocycles. The second kappa shape index (κ2) is 8.16. The maximum Gasteiger partial charge on any atom is 0.407 e. The number of hydrogen-bond donors (Lipinski definition) is 3. The third-order valence-corrected chi connectivity index (χ3v) is 2.75. The van der Waals surface area contributed by atoms with Gasteiger partial charge in [-0.1, -0.05) is 43.7 Å². The Bertz CT molecular complexity index is 434. The fourth-order valence-corrected chi connectivity index (χ4v) is 1.71. The molecule has 1 aromatic carbocycles. The summed E-state index contributed by atoms with van der Waals surface area (Å²) < 4.78 is 4.98. The molecule has 6 nitrogen and oxygen atoms in total. The second-order valence-corrected chi connectivity index (χ2v) is 4.38. The van der Waals surface area contributed by atoms with Crippen molar-refractivity contribution in [3.8, 4) is 0 Å². The van der Waals surface area contributed by atoms with Gasteiger partial charge in [-0.05, 0) is 12.0 Å².